The summed E-state index contributed by atoms with van der Waals surface area (Å²) >= 11 is 6.68. The van der Waals surface area contributed by atoms with Crippen LogP contribution in [-0.2, 0) is 6.61 Å². The Morgan fingerprint density at radius 2 is 1.90 bits per heavy atom. The molecule has 0 saturated carbocycles. The third-order valence-electron chi connectivity index (χ3n) is 3.13. The van der Waals surface area contributed by atoms with Crippen molar-refractivity contribution in [3.8, 4) is 5.75 Å². The molecule has 0 N–H and O–H groups in total. The topological polar surface area (TPSA) is 26.3 Å². The second-order valence-corrected chi connectivity index (χ2v) is 6.49. The zero-order valence-corrected chi connectivity index (χ0v) is 14.9. The Kier molecular flexibility index (Phi) is 6.00. The summed E-state index contributed by atoms with van der Waals surface area (Å²) in [6.07, 6.45) is 0. The predicted octanol–water partition coefficient (Wildman–Crippen LogP) is 4.92. The summed E-state index contributed by atoms with van der Waals surface area (Å²) < 4.78 is 5.76. The lowest BCUT2D eigenvalue weighted by molar-refractivity contribution is 0.0996. The van der Waals surface area contributed by atoms with Crippen LogP contribution in [0.1, 0.15) is 21.5 Å². The number of benzene rings is 2. The van der Waals surface area contributed by atoms with Gasteiger partial charge in [-0.25, -0.2) is 0 Å². The number of carbonyl (C=O) groups excluding carboxylic acids is 1. The Labute approximate surface area is 141 Å². The molecule has 0 aliphatic carbocycles. The number of hydrogen-bond acceptors (Lipinski definition) is 2. The SMILES string of the molecule is Cc1cc(OCc2ccccc2)ccc1C(=O)C(Br)CBr. The maximum atomic E-state index is 12.2. The summed E-state index contributed by atoms with van der Waals surface area (Å²) in [5, 5.41) is 0.595. The number of aryl methyl sites for hydroxylation is 1. The van der Waals surface area contributed by atoms with Crippen molar-refractivity contribution < 1.29 is 9.53 Å². The van der Waals surface area contributed by atoms with E-state index in [1.807, 2.05) is 55.5 Å². The molecule has 2 rings (SSSR count). The van der Waals surface area contributed by atoms with Gasteiger partial charge < -0.3 is 4.74 Å². The minimum atomic E-state index is -0.202. The second-order valence-electron chi connectivity index (χ2n) is 4.74. The van der Waals surface area contributed by atoms with Crippen molar-refractivity contribution in [2.45, 2.75) is 18.4 Å². The van der Waals surface area contributed by atoms with E-state index >= 15 is 0 Å². The number of alkyl halides is 2. The summed E-state index contributed by atoms with van der Waals surface area (Å²) in [4.78, 5) is 12.0. The number of carbonyl (C=O) groups is 1. The Balaban J connectivity index is 2.07. The van der Waals surface area contributed by atoms with Crippen LogP contribution in [0.15, 0.2) is 48.5 Å². The molecule has 2 aromatic carbocycles. The first-order valence-corrected chi connectivity index (χ1v) is 8.67. The molecule has 21 heavy (non-hydrogen) atoms. The fourth-order valence-corrected chi connectivity index (χ4v) is 2.52. The maximum absolute atomic E-state index is 12.2. The van der Waals surface area contributed by atoms with Gasteiger partial charge in [-0.05, 0) is 36.2 Å². The molecule has 0 aromatic heterocycles. The van der Waals surface area contributed by atoms with Gasteiger partial charge in [0.15, 0.2) is 5.78 Å². The highest BCUT2D eigenvalue weighted by Crippen LogP contribution is 2.22. The summed E-state index contributed by atoms with van der Waals surface area (Å²) in [5.74, 6) is 0.858. The molecule has 4 heteroatoms. The van der Waals surface area contributed by atoms with Gasteiger partial charge in [0.1, 0.15) is 12.4 Å². The van der Waals surface area contributed by atoms with E-state index in [0.29, 0.717) is 11.9 Å². The first kappa shape index (κ1) is 16.2. The van der Waals surface area contributed by atoms with Crippen LogP contribution >= 0.6 is 31.9 Å². The number of Topliss-reactive ketones (excluding diaryl/α,β-unsaturated/α-hetero) is 1. The van der Waals surface area contributed by atoms with Crippen molar-refractivity contribution in [1.82, 2.24) is 0 Å². The van der Waals surface area contributed by atoms with Crippen LogP contribution in [0.4, 0.5) is 0 Å². The van der Waals surface area contributed by atoms with E-state index in [9.17, 15) is 4.79 Å². The molecule has 0 radical (unpaired) electrons. The first-order chi connectivity index (χ1) is 10.1. The molecule has 1 unspecified atom stereocenters. The lowest BCUT2D eigenvalue weighted by atomic mass is 10.0. The highest BCUT2D eigenvalue weighted by Gasteiger charge is 2.17. The minimum absolute atomic E-state index is 0.0824. The molecule has 0 aliphatic rings. The average molecular weight is 412 g/mol. The molecule has 110 valence electrons. The van der Waals surface area contributed by atoms with E-state index < -0.39 is 0 Å². The molecule has 0 bridgehead atoms. The van der Waals surface area contributed by atoms with Crippen molar-refractivity contribution in [3.05, 3.63) is 65.2 Å². The van der Waals surface area contributed by atoms with E-state index in [2.05, 4.69) is 31.9 Å². The van der Waals surface area contributed by atoms with Gasteiger partial charge in [0.05, 0.1) is 4.83 Å². The molecule has 0 amide bonds. The summed E-state index contributed by atoms with van der Waals surface area (Å²) in [6, 6.07) is 15.6. The molecular weight excluding hydrogens is 396 g/mol. The van der Waals surface area contributed by atoms with E-state index in [-0.39, 0.29) is 10.6 Å². The molecule has 0 saturated heterocycles. The predicted molar refractivity (Wildman–Crippen MR) is 92.8 cm³/mol. The van der Waals surface area contributed by atoms with Gasteiger partial charge in [-0.15, -0.1) is 0 Å². The zero-order valence-electron chi connectivity index (χ0n) is 11.7. The van der Waals surface area contributed by atoms with Gasteiger partial charge >= 0.3 is 0 Å². The quantitative estimate of drug-likeness (QED) is 0.498. The minimum Gasteiger partial charge on any atom is -0.489 e. The van der Waals surface area contributed by atoms with Crippen LogP contribution in [0.5, 0.6) is 5.75 Å². The van der Waals surface area contributed by atoms with Crippen molar-refractivity contribution >= 4 is 37.6 Å². The summed E-state index contributed by atoms with van der Waals surface area (Å²) in [6.45, 7) is 2.45. The Hall–Kier alpha value is -1.13. The molecule has 0 fully saturated rings. The zero-order chi connectivity index (χ0) is 15.2. The monoisotopic (exact) mass is 410 g/mol. The molecular formula is C17H16Br2O2. The van der Waals surface area contributed by atoms with Crippen molar-refractivity contribution in [1.29, 1.82) is 0 Å². The number of ether oxygens (including phenoxy) is 1. The Bertz CT molecular complexity index is 611. The number of rotatable bonds is 6. The van der Waals surface area contributed by atoms with Crippen LogP contribution in [0.2, 0.25) is 0 Å². The standard InChI is InChI=1S/C17H16Br2O2/c1-12-9-14(21-11-13-5-3-2-4-6-13)7-8-15(12)17(20)16(19)10-18/h2-9,16H,10-11H2,1H3. The van der Waals surface area contributed by atoms with Crippen molar-refractivity contribution in [2.24, 2.45) is 0 Å². The van der Waals surface area contributed by atoms with Crippen LogP contribution in [0.3, 0.4) is 0 Å². The van der Waals surface area contributed by atoms with Gasteiger partial charge in [-0.1, -0.05) is 62.2 Å². The Morgan fingerprint density at radius 1 is 1.19 bits per heavy atom. The summed E-state index contributed by atoms with van der Waals surface area (Å²) in [5.41, 5.74) is 2.77. The van der Waals surface area contributed by atoms with Crippen LogP contribution in [-0.4, -0.2) is 15.9 Å². The van der Waals surface area contributed by atoms with Crippen LogP contribution in [0, 0.1) is 6.92 Å². The maximum Gasteiger partial charge on any atom is 0.177 e. The largest absolute Gasteiger partial charge is 0.489 e. The van der Waals surface area contributed by atoms with E-state index in [1.165, 1.54) is 0 Å². The summed E-state index contributed by atoms with van der Waals surface area (Å²) in [7, 11) is 0. The number of ketones is 1. The molecule has 2 aromatic rings. The Morgan fingerprint density at radius 3 is 2.52 bits per heavy atom. The molecule has 0 heterocycles. The van der Waals surface area contributed by atoms with E-state index in [4.69, 9.17) is 4.74 Å². The van der Waals surface area contributed by atoms with Gasteiger partial charge in [0, 0.05) is 10.9 Å². The fraction of sp³-hybridized carbons (Fsp3) is 0.235. The molecule has 0 spiro atoms. The lowest BCUT2D eigenvalue weighted by Crippen LogP contribution is -2.16. The number of halogens is 2. The van der Waals surface area contributed by atoms with Crippen molar-refractivity contribution in [2.75, 3.05) is 5.33 Å². The third-order valence-corrected chi connectivity index (χ3v) is 5.39. The van der Waals surface area contributed by atoms with E-state index in [1.54, 1.807) is 0 Å². The number of hydrogen-bond donors (Lipinski definition) is 0. The fourth-order valence-electron chi connectivity index (χ4n) is 1.98. The molecule has 1 atom stereocenters. The molecule has 2 nitrogen and oxygen atoms in total. The van der Waals surface area contributed by atoms with Crippen LogP contribution < -0.4 is 4.74 Å². The van der Waals surface area contributed by atoms with Crippen LogP contribution in [0.25, 0.3) is 0 Å². The average Bonchev–Trinajstić information content (AvgIpc) is 2.52. The van der Waals surface area contributed by atoms with Gasteiger partial charge in [-0.3, -0.25) is 4.79 Å². The van der Waals surface area contributed by atoms with Gasteiger partial charge in [-0.2, -0.15) is 0 Å². The van der Waals surface area contributed by atoms with Gasteiger partial charge in [0.25, 0.3) is 0 Å². The normalized spacial score (nSPS) is 12.0. The first-order valence-electron chi connectivity index (χ1n) is 6.63. The van der Waals surface area contributed by atoms with Gasteiger partial charge in [0.2, 0.25) is 0 Å². The third kappa shape index (κ3) is 4.42. The second kappa shape index (κ2) is 7.76. The lowest BCUT2D eigenvalue weighted by Gasteiger charge is -2.11. The smallest absolute Gasteiger partial charge is 0.177 e. The van der Waals surface area contributed by atoms with E-state index in [0.717, 1.165) is 22.4 Å². The highest BCUT2D eigenvalue weighted by atomic mass is 79.9. The highest BCUT2D eigenvalue weighted by molar-refractivity contribution is 9.12. The van der Waals surface area contributed by atoms with Crippen molar-refractivity contribution in [3.63, 3.8) is 0 Å². The molecule has 0 aliphatic heterocycles.